The second kappa shape index (κ2) is 17.2. The van der Waals surface area contributed by atoms with Gasteiger partial charge in [0.05, 0.1) is 0 Å². The van der Waals surface area contributed by atoms with Gasteiger partial charge in [0.2, 0.25) is 0 Å². The molecule has 76 valence electrons. The van der Waals surface area contributed by atoms with Gasteiger partial charge in [-0.15, -0.1) is 0 Å². The number of carboxylic acids is 2. The highest BCUT2D eigenvalue weighted by Gasteiger charge is 2.44. The van der Waals surface area contributed by atoms with Crippen molar-refractivity contribution >= 4 is 21.9 Å². The molecule has 0 heterocycles. The molecule has 6 nitrogen and oxygen atoms in total. The minimum absolute atomic E-state index is 0.198. The third-order valence-corrected chi connectivity index (χ3v) is 0.500. The molecule has 0 aromatic rings. The molecule has 7 heteroatoms. The van der Waals surface area contributed by atoms with Crippen molar-refractivity contribution in [3.8, 4) is 0 Å². The molecule has 0 rings (SSSR count). The number of carboxylic acid groups (broad SMARTS) is 2. The molecule has 0 aromatic carbocycles. The van der Waals surface area contributed by atoms with E-state index in [4.69, 9.17) is 19.8 Å². The predicted octanol–water partition coefficient (Wildman–Crippen LogP) is -2.67. The van der Waals surface area contributed by atoms with E-state index in [-0.39, 0.29) is 10.0 Å². The zero-order valence-corrected chi connectivity index (χ0v) is 8.95. The Morgan fingerprint density at radius 2 is 1.15 bits per heavy atom. The van der Waals surface area contributed by atoms with E-state index in [2.05, 4.69) is 8.85 Å². The van der Waals surface area contributed by atoms with Gasteiger partial charge < -0.3 is 19.8 Å². The number of hydrogen-bond donors (Lipinski definition) is 0. The highest BCUT2D eigenvalue weighted by molar-refractivity contribution is 6.17. The monoisotopic (exact) mass is 208 g/mol. The smallest absolute Gasteiger partial charge is 0.550 e. The van der Waals surface area contributed by atoms with Crippen molar-refractivity contribution in [3.05, 3.63) is 0 Å². The lowest BCUT2D eigenvalue weighted by Gasteiger charge is -1.77. The van der Waals surface area contributed by atoms with E-state index in [1.807, 2.05) is 0 Å². The van der Waals surface area contributed by atoms with Gasteiger partial charge >= 0.3 is 10.0 Å². The second-order valence-corrected chi connectivity index (χ2v) is 2.46. The largest absolute Gasteiger partial charge is 1.46 e. The summed E-state index contributed by atoms with van der Waals surface area (Å²) in [7, 11) is 3.40. The van der Waals surface area contributed by atoms with Gasteiger partial charge in [0.1, 0.15) is 14.2 Å². The van der Waals surface area contributed by atoms with E-state index in [0.717, 1.165) is 13.8 Å². The Kier molecular flexibility index (Phi) is 23.9. The summed E-state index contributed by atoms with van der Waals surface area (Å²) in [5.41, 5.74) is 0. The van der Waals surface area contributed by atoms with Crippen molar-refractivity contribution in [3.63, 3.8) is 0 Å². The Morgan fingerprint density at radius 3 is 1.15 bits per heavy atom. The van der Waals surface area contributed by atoms with Crippen LogP contribution < -0.4 is 10.2 Å². The summed E-state index contributed by atoms with van der Waals surface area (Å²) in [4.78, 5) is 17.8. The molecule has 0 spiro atoms. The van der Waals surface area contributed by atoms with Crippen LogP contribution in [0, 0.1) is 0 Å². The van der Waals surface area contributed by atoms with Crippen LogP contribution in [0.2, 0.25) is 0 Å². The molecule has 0 aliphatic heterocycles. The molecular weight excluding hydrogens is 196 g/mol. The molecule has 0 saturated heterocycles. The van der Waals surface area contributed by atoms with Gasteiger partial charge in [0.25, 0.3) is 0 Å². The number of carbonyl (C=O) groups excluding carboxylic acids is 2. The van der Waals surface area contributed by atoms with Gasteiger partial charge in [-0.25, -0.2) is 0 Å². The summed E-state index contributed by atoms with van der Waals surface area (Å²) in [5.74, 6) is -2.17. The third-order valence-electron chi connectivity index (χ3n) is 0.167. The van der Waals surface area contributed by atoms with Crippen LogP contribution in [0.25, 0.3) is 0 Å². The normalized spacial score (nSPS) is 6.46. The fourth-order valence-electron chi connectivity index (χ4n) is 0.0833. The third kappa shape index (κ3) is 787. The Labute approximate surface area is 79.5 Å². The molecule has 0 radical (unpaired) electrons. The van der Waals surface area contributed by atoms with Gasteiger partial charge in [-0.05, 0) is 22.7 Å². The highest BCUT2D eigenvalue weighted by Crippen LogP contribution is 1.55. The quantitative estimate of drug-likeness (QED) is 0.459. The molecule has 0 bridgehead atoms. The molecule has 0 N–H and O–H groups in total. The van der Waals surface area contributed by atoms with Crippen LogP contribution in [0.4, 0.5) is 0 Å². The minimum atomic E-state index is -1.08. The van der Waals surface area contributed by atoms with Crippen molar-refractivity contribution in [2.24, 2.45) is 0 Å². The minimum Gasteiger partial charge on any atom is -0.550 e. The van der Waals surface area contributed by atoms with E-state index in [0.29, 0.717) is 0 Å². The first kappa shape index (κ1) is 18.0. The first-order valence-corrected chi connectivity index (χ1v) is 3.86. The van der Waals surface area contributed by atoms with E-state index >= 15 is 0 Å². The Morgan fingerprint density at radius 1 is 1.00 bits per heavy atom. The maximum Gasteiger partial charge on any atom is 1.46 e. The first-order chi connectivity index (χ1) is 5.88. The van der Waals surface area contributed by atoms with Gasteiger partial charge in [-0.3, -0.25) is 0 Å². The number of aliphatic carboxylic acids is 2. The zero-order valence-electron chi connectivity index (χ0n) is 7.95. The lowest BCUT2D eigenvalue weighted by molar-refractivity contribution is -0.303. The van der Waals surface area contributed by atoms with Crippen molar-refractivity contribution < 1.29 is 28.7 Å². The van der Waals surface area contributed by atoms with E-state index < -0.39 is 11.9 Å². The summed E-state index contributed by atoms with van der Waals surface area (Å²) in [5, 5.41) is 17.8. The van der Waals surface area contributed by atoms with Crippen molar-refractivity contribution in [1.29, 1.82) is 0 Å². The van der Waals surface area contributed by atoms with Crippen LogP contribution >= 0.6 is 0 Å². The molecule has 0 saturated carbocycles. The van der Waals surface area contributed by atoms with Crippen molar-refractivity contribution in [2.75, 3.05) is 14.2 Å². The maximum atomic E-state index is 8.89. The summed E-state index contributed by atoms with van der Waals surface area (Å²) >= 11 is 0. The Balaban J connectivity index is -0.000000117. The molecule has 0 aromatic heterocycles. The number of rotatable bonds is 2. The Hall–Kier alpha value is -0.923. The fraction of sp³-hybridized carbons (Fsp3) is 0.667. The van der Waals surface area contributed by atoms with Crippen molar-refractivity contribution in [2.45, 2.75) is 13.8 Å². The molecule has 0 unspecified atom stereocenters. The Bertz CT molecular complexity index is 104. The molecule has 0 aliphatic rings. The predicted molar refractivity (Wildman–Crippen MR) is 41.1 cm³/mol. The van der Waals surface area contributed by atoms with Crippen LogP contribution in [0.5, 0.6) is 0 Å². The summed E-state index contributed by atoms with van der Waals surface area (Å²) in [6.07, 6.45) is 0. The van der Waals surface area contributed by atoms with Crippen LogP contribution in [0.3, 0.4) is 0 Å². The fourth-order valence-corrected chi connectivity index (χ4v) is 0.250. The lowest BCUT2D eigenvalue weighted by atomic mass is 10.9. The van der Waals surface area contributed by atoms with Gasteiger partial charge in [-0.2, -0.15) is 0 Å². The molecule has 0 aliphatic carbocycles. The van der Waals surface area contributed by atoms with Crippen LogP contribution in [-0.4, -0.2) is 36.2 Å². The molecule has 0 atom stereocenters. The summed E-state index contributed by atoms with van der Waals surface area (Å²) < 4.78 is 8.99. The maximum absolute atomic E-state index is 8.89. The zero-order chi connectivity index (χ0) is 11.3. The lowest BCUT2D eigenvalue weighted by Crippen LogP contribution is -2.16. The van der Waals surface area contributed by atoms with Gasteiger partial charge in [0.15, 0.2) is 0 Å². The van der Waals surface area contributed by atoms with E-state index in [1.165, 1.54) is 0 Å². The SMILES string of the molecule is CC(=O)[O-].CC(=O)[O-].CO[Si+2]OC. The summed E-state index contributed by atoms with van der Waals surface area (Å²) in [6, 6.07) is 0. The second-order valence-electron chi connectivity index (χ2n) is 1.47. The average molecular weight is 208 g/mol. The average Bonchev–Trinajstić information content (AvgIpc) is 1.86. The van der Waals surface area contributed by atoms with E-state index in [9.17, 15) is 0 Å². The molecule has 0 amide bonds. The van der Waals surface area contributed by atoms with Crippen LogP contribution in [0.15, 0.2) is 0 Å². The summed E-state index contributed by atoms with van der Waals surface area (Å²) in [6.45, 7) is 1.94. The van der Waals surface area contributed by atoms with Crippen molar-refractivity contribution in [1.82, 2.24) is 0 Å². The van der Waals surface area contributed by atoms with Gasteiger partial charge in [0, 0.05) is 11.9 Å². The van der Waals surface area contributed by atoms with E-state index in [1.54, 1.807) is 14.2 Å². The standard InChI is InChI=1S/C2H6O2Si.2C2H4O2/c1-3-5-4-2;2*1-2(3)4/h1-2H3;2*1H3,(H,3,4)/q+2;;/p-2. The molecule has 0 fully saturated rings. The highest BCUT2D eigenvalue weighted by atomic mass is 28.3. The topological polar surface area (TPSA) is 98.7 Å². The van der Waals surface area contributed by atoms with Crippen LogP contribution in [-0.2, 0) is 18.4 Å². The van der Waals surface area contributed by atoms with Gasteiger partial charge in [-0.1, -0.05) is 0 Å². The van der Waals surface area contributed by atoms with Crippen LogP contribution in [0.1, 0.15) is 13.8 Å². The number of carbonyl (C=O) groups is 2. The molecular formula is C6H12O6Si. The molecule has 13 heavy (non-hydrogen) atoms. The first-order valence-electron chi connectivity index (χ1n) is 3.04. The number of hydrogen-bond acceptors (Lipinski definition) is 6.